The minimum atomic E-state index is -0.226. The van der Waals surface area contributed by atoms with Crippen molar-refractivity contribution in [1.29, 1.82) is 0 Å². The van der Waals surface area contributed by atoms with Gasteiger partial charge in [-0.1, -0.05) is 42.2 Å². The Hall–Kier alpha value is -5.02. The molecule has 3 aromatic carbocycles. The molecule has 3 heterocycles. The molecule has 9 heteroatoms. The van der Waals surface area contributed by atoms with E-state index in [9.17, 15) is 4.79 Å². The van der Waals surface area contributed by atoms with E-state index in [0.717, 1.165) is 45.1 Å². The lowest BCUT2D eigenvalue weighted by molar-refractivity contribution is 0.363. The summed E-state index contributed by atoms with van der Waals surface area (Å²) in [5.41, 5.74) is 5.02. The molecule has 0 fully saturated rings. The Balaban J connectivity index is 1.44. The summed E-state index contributed by atoms with van der Waals surface area (Å²) in [6.07, 6.45) is 5.51. The Morgan fingerprint density at radius 2 is 1.77 bits per heavy atom. The molecular formula is C31H25N5O3S. The first-order chi connectivity index (χ1) is 19.5. The number of aromatic nitrogens is 5. The smallest absolute Gasteiger partial charge is 0.291 e. The molecule has 0 unspecified atom stereocenters. The second-order valence-electron chi connectivity index (χ2n) is 9.06. The number of hydrogen-bond acceptors (Lipinski definition) is 7. The van der Waals surface area contributed by atoms with Crippen LogP contribution in [0, 0.1) is 6.92 Å². The van der Waals surface area contributed by atoms with Gasteiger partial charge in [-0.25, -0.2) is 4.68 Å². The summed E-state index contributed by atoms with van der Waals surface area (Å²) >= 11 is 1.30. The fourth-order valence-corrected chi connectivity index (χ4v) is 5.30. The van der Waals surface area contributed by atoms with Gasteiger partial charge in [0.15, 0.2) is 5.82 Å². The first kappa shape index (κ1) is 25.3. The van der Waals surface area contributed by atoms with Crippen LogP contribution < -0.4 is 19.6 Å². The maximum absolute atomic E-state index is 13.4. The van der Waals surface area contributed by atoms with Crippen molar-refractivity contribution in [3.05, 3.63) is 118 Å². The van der Waals surface area contributed by atoms with Crippen molar-refractivity contribution < 1.29 is 9.47 Å². The molecule has 0 spiro atoms. The van der Waals surface area contributed by atoms with E-state index in [-0.39, 0.29) is 5.56 Å². The lowest BCUT2D eigenvalue weighted by Crippen LogP contribution is -2.23. The topological polar surface area (TPSA) is 83.5 Å². The Labute approximate surface area is 234 Å². The number of fused-ring (bicyclic) bond motifs is 1. The molecule has 40 heavy (non-hydrogen) atoms. The van der Waals surface area contributed by atoms with E-state index in [1.54, 1.807) is 13.2 Å². The number of hydrogen-bond donors (Lipinski definition) is 0. The van der Waals surface area contributed by atoms with Gasteiger partial charge in [-0.2, -0.15) is 14.6 Å². The van der Waals surface area contributed by atoms with E-state index >= 15 is 0 Å². The number of benzene rings is 3. The first-order valence-electron chi connectivity index (χ1n) is 12.6. The lowest BCUT2D eigenvalue weighted by Gasteiger charge is -2.08. The molecule has 0 saturated carbocycles. The molecule has 0 aliphatic carbocycles. The summed E-state index contributed by atoms with van der Waals surface area (Å²) < 4.78 is 14.6. The van der Waals surface area contributed by atoms with E-state index in [1.807, 2.05) is 96.7 Å². The highest BCUT2D eigenvalue weighted by Crippen LogP contribution is 2.30. The highest BCUT2D eigenvalue weighted by Gasteiger charge is 2.16. The molecule has 0 aliphatic rings. The standard InChI is InChI=1S/C31H25N5O3S/c1-4-16-39-25-14-15-26(20(2)17-25)28-22(19-35(33-28)23-8-6-5-7-9-23)18-27-30(37)36-31(40-27)32-29(34-36)21-10-12-24(38-3)13-11-21/h4-15,17-19H,1,16H2,2-3H3/b27-18-. The van der Waals surface area contributed by atoms with Gasteiger partial charge in [0.2, 0.25) is 4.96 Å². The van der Waals surface area contributed by atoms with Crippen molar-refractivity contribution in [3.63, 3.8) is 0 Å². The van der Waals surface area contributed by atoms with Crippen LogP contribution in [0.4, 0.5) is 0 Å². The van der Waals surface area contributed by atoms with Crippen molar-refractivity contribution in [2.45, 2.75) is 6.92 Å². The van der Waals surface area contributed by atoms with Gasteiger partial charge in [0.25, 0.3) is 5.56 Å². The van der Waals surface area contributed by atoms with Gasteiger partial charge in [0.1, 0.15) is 23.8 Å². The monoisotopic (exact) mass is 547 g/mol. The summed E-state index contributed by atoms with van der Waals surface area (Å²) in [7, 11) is 1.62. The number of ether oxygens (including phenoxy) is 2. The van der Waals surface area contributed by atoms with E-state index in [1.165, 1.54) is 15.9 Å². The Morgan fingerprint density at radius 3 is 2.48 bits per heavy atom. The second kappa shape index (κ2) is 10.6. The van der Waals surface area contributed by atoms with Crippen molar-refractivity contribution in [1.82, 2.24) is 24.4 Å². The van der Waals surface area contributed by atoms with Crippen LogP contribution in [0.5, 0.6) is 11.5 Å². The zero-order valence-electron chi connectivity index (χ0n) is 21.9. The molecular weight excluding hydrogens is 522 g/mol. The third-order valence-electron chi connectivity index (χ3n) is 6.40. The number of rotatable bonds is 8. The molecule has 8 nitrogen and oxygen atoms in total. The maximum atomic E-state index is 13.4. The average molecular weight is 548 g/mol. The number of aryl methyl sites for hydroxylation is 1. The zero-order chi connectivity index (χ0) is 27.6. The molecule has 0 atom stereocenters. The van der Waals surface area contributed by atoms with Crippen LogP contribution in [0.3, 0.4) is 0 Å². The van der Waals surface area contributed by atoms with Crippen molar-refractivity contribution in [2.75, 3.05) is 13.7 Å². The summed E-state index contributed by atoms with van der Waals surface area (Å²) in [4.78, 5) is 18.5. The summed E-state index contributed by atoms with van der Waals surface area (Å²) in [6, 6.07) is 23.2. The maximum Gasteiger partial charge on any atom is 0.291 e. The summed E-state index contributed by atoms with van der Waals surface area (Å²) in [5, 5.41) is 9.40. The Bertz CT molecular complexity index is 1940. The molecule has 0 amide bonds. The van der Waals surface area contributed by atoms with Crippen LogP contribution in [-0.2, 0) is 0 Å². The summed E-state index contributed by atoms with van der Waals surface area (Å²) in [5.74, 6) is 1.99. The Morgan fingerprint density at radius 1 is 1.00 bits per heavy atom. The number of thiazole rings is 1. The molecule has 0 radical (unpaired) electrons. The van der Waals surface area contributed by atoms with Crippen molar-refractivity contribution in [3.8, 4) is 39.8 Å². The van der Waals surface area contributed by atoms with E-state index in [2.05, 4.69) is 16.7 Å². The quantitative estimate of drug-likeness (QED) is 0.247. The largest absolute Gasteiger partial charge is 0.497 e. The van der Waals surface area contributed by atoms with E-state index in [0.29, 0.717) is 21.9 Å². The third-order valence-corrected chi connectivity index (χ3v) is 7.36. The van der Waals surface area contributed by atoms with Gasteiger partial charge in [-0.05, 0) is 73.2 Å². The van der Waals surface area contributed by atoms with Crippen LogP contribution in [0.2, 0.25) is 0 Å². The molecule has 0 saturated heterocycles. The molecule has 0 N–H and O–H groups in total. The van der Waals surface area contributed by atoms with E-state index < -0.39 is 0 Å². The fourth-order valence-electron chi connectivity index (χ4n) is 4.40. The van der Waals surface area contributed by atoms with Gasteiger partial charge in [-0.15, -0.1) is 5.10 Å². The number of para-hydroxylation sites is 1. The highest BCUT2D eigenvalue weighted by molar-refractivity contribution is 7.15. The Kier molecular flexibility index (Phi) is 6.71. The van der Waals surface area contributed by atoms with Gasteiger partial charge < -0.3 is 9.47 Å². The predicted octanol–water partition coefficient (Wildman–Crippen LogP) is 5.10. The van der Waals surface area contributed by atoms with Crippen LogP contribution >= 0.6 is 11.3 Å². The van der Waals surface area contributed by atoms with E-state index in [4.69, 9.17) is 14.6 Å². The fraction of sp³-hybridized carbons (Fsp3) is 0.0968. The minimum absolute atomic E-state index is 0.226. The normalized spacial score (nSPS) is 11.7. The van der Waals surface area contributed by atoms with Gasteiger partial charge in [-0.3, -0.25) is 4.79 Å². The molecule has 0 aliphatic heterocycles. The van der Waals surface area contributed by atoms with Gasteiger partial charge in [0, 0.05) is 22.9 Å². The zero-order valence-corrected chi connectivity index (χ0v) is 22.8. The SMILES string of the molecule is C=CCOc1ccc(-c2nn(-c3ccccc3)cc2/C=c2\sc3nc(-c4ccc(OC)cc4)nn3c2=O)c(C)c1. The molecule has 198 valence electrons. The minimum Gasteiger partial charge on any atom is -0.497 e. The highest BCUT2D eigenvalue weighted by atomic mass is 32.1. The second-order valence-corrected chi connectivity index (χ2v) is 10.1. The lowest BCUT2D eigenvalue weighted by atomic mass is 10.0. The van der Waals surface area contributed by atoms with Gasteiger partial charge >= 0.3 is 0 Å². The van der Waals surface area contributed by atoms with Crippen LogP contribution in [0.25, 0.3) is 39.4 Å². The molecule has 3 aromatic heterocycles. The van der Waals surface area contributed by atoms with Gasteiger partial charge in [0.05, 0.1) is 17.3 Å². The molecule has 0 bridgehead atoms. The number of nitrogens with zero attached hydrogens (tertiary/aromatic N) is 5. The van der Waals surface area contributed by atoms with Crippen LogP contribution in [0.15, 0.2) is 96.4 Å². The van der Waals surface area contributed by atoms with Crippen molar-refractivity contribution >= 4 is 22.4 Å². The third kappa shape index (κ3) is 4.78. The number of methoxy groups -OCH3 is 1. The predicted molar refractivity (Wildman–Crippen MR) is 157 cm³/mol. The van der Waals surface area contributed by atoms with Crippen molar-refractivity contribution in [2.24, 2.45) is 0 Å². The van der Waals surface area contributed by atoms with Crippen LogP contribution in [-0.4, -0.2) is 38.1 Å². The summed E-state index contributed by atoms with van der Waals surface area (Å²) in [6.45, 7) is 6.16. The average Bonchev–Trinajstić information content (AvgIpc) is 3.67. The first-order valence-corrected chi connectivity index (χ1v) is 13.4. The molecule has 6 rings (SSSR count). The van der Waals surface area contributed by atoms with Crippen LogP contribution in [0.1, 0.15) is 11.1 Å². The molecule has 6 aromatic rings.